The van der Waals surface area contributed by atoms with Crippen LogP contribution in [-0.2, 0) is 4.74 Å². The van der Waals surface area contributed by atoms with E-state index in [0.29, 0.717) is 30.9 Å². The van der Waals surface area contributed by atoms with Crippen LogP contribution in [0.2, 0.25) is 0 Å². The van der Waals surface area contributed by atoms with Crippen molar-refractivity contribution in [2.75, 3.05) is 26.7 Å². The summed E-state index contributed by atoms with van der Waals surface area (Å²) >= 11 is 0. The Balaban J connectivity index is 2.47. The van der Waals surface area contributed by atoms with Gasteiger partial charge in [-0.15, -0.1) is 0 Å². The van der Waals surface area contributed by atoms with Gasteiger partial charge in [-0.3, -0.25) is 4.79 Å². The van der Waals surface area contributed by atoms with E-state index >= 15 is 0 Å². The molecule has 1 aromatic carbocycles. The number of rotatable bonds is 6. The minimum Gasteiger partial charge on any atom is -0.497 e. The molecule has 0 heterocycles. The number of amides is 2. The molecule has 0 unspecified atom stereocenters. The van der Waals surface area contributed by atoms with Crippen LogP contribution in [0.1, 0.15) is 38.1 Å². The van der Waals surface area contributed by atoms with Gasteiger partial charge >= 0.3 is 6.09 Å². The number of hydrogen-bond donors (Lipinski definition) is 1. The predicted molar refractivity (Wildman–Crippen MR) is 88.8 cm³/mol. The number of nitrogens with one attached hydrogen (secondary N) is 1. The third kappa shape index (κ3) is 6.59. The van der Waals surface area contributed by atoms with Crippen LogP contribution in [0.15, 0.2) is 24.3 Å². The summed E-state index contributed by atoms with van der Waals surface area (Å²) in [6.45, 7) is 8.62. The van der Waals surface area contributed by atoms with Gasteiger partial charge in [0.15, 0.2) is 0 Å². The van der Waals surface area contributed by atoms with E-state index in [2.05, 4.69) is 5.32 Å². The number of likely N-dealkylation sites (N-methyl/N-ethyl adjacent to an activating group) is 1. The van der Waals surface area contributed by atoms with Crippen LogP contribution in [0.3, 0.4) is 0 Å². The number of hydrogen-bond acceptors (Lipinski definition) is 4. The first-order valence-electron chi connectivity index (χ1n) is 7.67. The summed E-state index contributed by atoms with van der Waals surface area (Å²) in [5.74, 6) is 0.511. The molecule has 1 rings (SSSR count). The standard InChI is InChI=1S/C17H26N2O4/c1-6-19(16(21)23-17(2,3)4)12-11-18-15(20)13-7-9-14(22-5)10-8-13/h7-10H,6,11-12H2,1-5H3,(H,18,20). The van der Waals surface area contributed by atoms with Crippen molar-refractivity contribution in [2.45, 2.75) is 33.3 Å². The molecule has 0 saturated heterocycles. The average Bonchev–Trinajstić information content (AvgIpc) is 2.49. The number of carbonyl (C=O) groups is 2. The van der Waals surface area contributed by atoms with Crippen molar-refractivity contribution in [1.82, 2.24) is 10.2 Å². The monoisotopic (exact) mass is 322 g/mol. The Morgan fingerprint density at radius 1 is 1.17 bits per heavy atom. The van der Waals surface area contributed by atoms with Crippen LogP contribution in [0.5, 0.6) is 5.75 Å². The minimum absolute atomic E-state index is 0.187. The maximum Gasteiger partial charge on any atom is 0.410 e. The Hall–Kier alpha value is -2.24. The molecule has 0 aliphatic carbocycles. The quantitative estimate of drug-likeness (QED) is 0.874. The molecular formula is C17H26N2O4. The third-order valence-electron chi connectivity index (χ3n) is 3.05. The summed E-state index contributed by atoms with van der Waals surface area (Å²) in [6.07, 6.45) is -0.376. The Morgan fingerprint density at radius 3 is 2.26 bits per heavy atom. The second-order valence-corrected chi connectivity index (χ2v) is 6.04. The molecule has 1 aromatic rings. The van der Waals surface area contributed by atoms with E-state index in [1.165, 1.54) is 0 Å². The van der Waals surface area contributed by atoms with Crippen LogP contribution in [0.4, 0.5) is 4.79 Å². The lowest BCUT2D eigenvalue weighted by Gasteiger charge is -2.26. The number of benzene rings is 1. The summed E-state index contributed by atoms with van der Waals surface area (Å²) < 4.78 is 10.4. The van der Waals surface area contributed by atoms with Crippen LogP contribution >= 0.6 is 0 Å². The fourth-order valence-corrected chi connectivity index (χ4v) is 1.85. The molecule has 0 bridgehead atoms. The van der Waals surface area contributed by atoms with Crippen LogP contribution in [0.25, 0.3) is 0 Å². The van der Waals surface area contributed by atoms with E-state index in [0.717, 1.165) is 0 Å². The van der Waals surface area contributed by atoms with Crippen molar-refractivity contribution in [3.05, 3.63) is 29.8 Å². The first kappa shape index (κ1) is 18.8. The molecule has 0 aliphatic heterocycles. The molecule has 0 aliphatic rings. The Kier molecular flexibility index (Phi) is 6.88. The zero-order chi connectivity index (χ0) is 17.5. The van der Waals surface area contributed by atoms with E-state index in [1.54, 1.807) is 36.3 Å². The lowest BCUT2D eigenvalue weighted by atomic mass is 10.2. The van der Waals surface area contributed by atoms with E-state index in [9.17, 15) is 9.59 Å². The molecule has 0 spiro atoms. The van der Waals surface area contributed by atoms with E-state index < -0.39 is 5.60 Å². The molecule has 128 valence electrons. The first-order chi connectivity index (χ1) is 10.8. The SMILES string of the molecule is CCN(CCNC(=O)c1ccc(OC)cc1)C(=O)OC(C)(C)C. The lowest BCUT2D eigenvalue weighted by Crippen LogP contribution is -2.41. The third-order valence-corrected chi connectivity index (χ3v) is 3.05. The Bertz CT molecular complexity index is 520. The van der Waals surface area contributed by atoms with Gasteiger partial charge in [-0.1, -0.05) is 0 Å². The van der Waals surface area contributed by atoms with Crippen molar-refractivity contribution in [3.8, 4) is 5.75 Å². The summed E-state index contributed by atoms with van der Waals surface area (Å²) in [7, 11) is 1.57. The molecule has 0 saturated carbocycles. The molecule has 2 amide bonds. The van der Waals surface area contributed by atoms with Crippen LogP contribution in [-0.4, -0.2) is 49.2 Å². The number of carbonyl (C=O) groups excluding carboxylic acids is 2. The molecule has 0 atom stereocenters. The van der Waals surface area contributed by atoms with Crippen LogP contribution in [0, 0.1) is 0 Å². The molecule has 1 N–H and O–H groups in total. The maximum atomic E-state index is 12.0. The van der Waals surface area contributed by atoms with Crippen molar-refractivity contribution >= 4 is 12.0 Å². The predicted octanol–water partition coefficient (Wildman–Crippen LogP) is 2.68. The van der Waals surface area contributed by atoms with Gasteiger partial charge in [-0.25, -0.2) is 4.79 Å². The van der Waals surface area contributed by atoms with Gasteiger partial charge in [0.05, 0.1) is 7.11 Å². The van der Waals surface area contributed by atoms with Crippen molar-refractivity contribution in [1.29, 1.82) is 0 Å². The second-order valence-electron chi connectivity index (χ2n) is 6.04. The van der Waals surface area contributed by atoms with Gasteiger partial charge in [0.25, 0.3) is 5.91 Å². The fourth-order valence-electron chi connectivity index (χ4n) is 1.85. The highest BCUT2D eigenvalue weighted by Gasteiger charge is 2.20. The largest absolute Gasteiger partial charge is 0.497 e. The van der Waals surface area contributed by atoms with E-state index in [4.69, 9.17) is 9.47 Å². The summed E-state index contributed by atoms with van der Waals surface area (Å²) in [5, 5.41) is 2.79. The summed E-state index contributed by atoms with van der Waals surface area (Å²) in [6, 6.07) is 6.85. The highest BCUT2D eigenvalue weighted by atomic mass is 16.6. The van der Waals surface area contributed by atoms with Gasteiger partial charge in [0.2, 0.25) is 0 Å². The zero-order valence-corrected chi connectivity index (χ0v) is 14.5. The summed E-state index contributed by atoms with van der Waals surface area (Å²) in [5.41, 5.74) is 0.0164. The number of ether oxygens (including phenoxy) is 2. The van der Waals surface area contributed by atoms with Gasteiger partial charge in [0, 0.05) is 25.2 Å². The van der Waals surface area contributed by atoms with Crippen molar-refractivity contribution in [2.24, 2.45) is 0 Å². The first-order valence-corrected chi connectivity index (χ1v) is 7.67. The highest BCUT2D eigenvalue weighted by Crippen LogP contribution is 2.11. The van der Waals surface area contributed by atoms with E-state index in [-0.39, 0.29) is 12.0 Å². The van der Waals surface area contributed by atoms with Gasteiger partial charge in [-0.05, 0) is 52.0 Å². The van der Waals surface area contributed by atoms with E-state index in [1.807, 2.05) is 27.7 Å². The molecular weight excluding hydrogens is 296 g/mol. The van der Waals surface area contributed by atoms with Gasteiger partial charge in [0.1, 0.15) is 11.4 Å². The molecule has 6 nitrogen and oxygen atoms in total. The lowest BCUT2D eigenvalue weighted by molar-refractivity contribution is 0.0261. The normalized spacial score (nSPS) is 10.8. The molecule has 0 aromatic heterocycles. The number of methoxy groups -OCH3 is 1. The number of nitrogens with zero attached hydrogens (tertiary/aromatic N) is 1. The van der Waals surface area contributed by atoms with Crippen LogP contribution < -0.4 is 10.1 Å². The Labute approximate surface area is 137 Å². The van der Waals surface area contributed by atoms with Gasteiger partial charge < -0.3 is 19.7 Å². The highest BCUT2D eigenvalue weighted by molar-refractivity contribution is 5.94. The van der Waals surface area contributed by atoms with Crippen molar-refractivity contribution in [3.63, 3.8) is 0 Å². The maximum absolute atomic E-state index is 12.0. The second kappa shape index (κ2) is 8.41. The smallest absolute Gasteiger partial charge is 0.410 e. The zero-order valence-electron chi connectivity index (χ0n) is 14.5. The topological polar surface area (TPSA) is 67.9 Å². The summed E-state index contributed by atoms with van der Waals surface area (Å²) in [4.78, 5) is 25.6. The minimum atomic E-state index is -0.531. The average molecular weight is 322 g/mol. The molecule has 23 heavy (non-hydrogen) atoms. The molecule has 6 heteroatoms. The molecule has 0 radical (unpaired) electrons. The fraction of sp³-hybridized carbons (Fsp3) is 0.529. The Morgan fingerprint density at radius 2 is 1.78 bits per heavy atom. The van der Waals surface area contributed by atoms with Gasteiger partial charge in [-0.2, -0.15) is 0 Å². The van der Waals surface area contributed by atoms with Crippen molar-refractivity contribution < 1.29 is 19.1 Å². The molecule has 0 fully saturated rings.